The third-order valence-corrected chi connectivity index (χ3v) is 2.60. The minimum Gasteiger partial charge on any atom is -0.476 e. The average molecular weight is 270 g/mol. The molecule has 0 saturated heterocycles. The Morgan fingerprint density at radius 1 is 1.39 bits per heavy atom. The summed E-state index contributed by atoms with van der Waals surface area (Å²) in [5, 5.41) is 16.7. The van der Waals surface area contributed by atoms with Gasteiger partial charge in [0, 0.05) is 10.6 Å². The smallest absolute Gasteiger partial charge is 0.358 e. The number of aryl methyl sites for hydroxylation is 1. The lowest BCUT2D eigenvalue weighted by atomic mass is 10.1. The van der Waals surface area contributed by atoms with Crippen LogP contribution >= 0.6 is 11.6 Å². The van der Waals surface area contributed by atoms with Gasteiger partial charge in [-0.1, -0.05) is 28.9 Å². The lowest BCUT2D eigenvalue weighted by molar-refractivity contribution is 0.0691. The number of aromatic carboxylic acids is 1. The first kappa shape index (κ1) is 12.5. The van der Waals surface area contributed by atoms with Gasteiger partial charge in [0.05, 0.1) is 6.54 Å². The minimum absolute atomic E-state index is 0.0434. The van der Waals surface area contributed by atoms with Crippen LogP contribution in [-0.2, 0) is 6.54 Å². The summed E-state index contributed by atoms with van der Waals surface area (Å²) in [6, 6.07) is 6.52. The highest BCUT2D eigenvalue weighted by atomic mass is 35.5. The Bertz CT molecular complexity index is 568. The van der Waals surface area contributed by atoms with Crippen LogP contribution in [0, 0.1) is 0 Å². The number of hydrogen-bond acceptors (Lipinski definition) is 3. The maximum Gasteiger partial charge on any atom is 0.358 e. The highest BCUT2D eigenvalue weighted by Gasteiger charge is 2.20. The maximum absolute atomic E-state index is 12.4. The SMILES string of the molecule is O=C(O)c1nnn(CCF)c1-c1ccc(Cl)cc1. The summed E-state index contributed by atoms with van der Waals surface area (Å²) in [6.45, 7) is -0.693. The highest BCUT2D eigenvalue weighted by molar-refractivity contribution is 6.30. The second-order valence-corrected chi connectivity index (χ2v) is 3.95. The molecule has 0 atom stereocenters. The Morgan fingerprint density at radius 3 is 2.61 bits per heavy atom. The zero-order chi connectivity index (χ0) is 13.1. The molecule has 1 heterocycles. The van der Waals surface area contributed by atoms with Gasteiger partial charge in [-0.2, -0.15) is 0 Å². The minimum atomic E-state index is -1.20. The molecule has 0 fully saturated rings. The lowest BCUT2D eigenvalue weighted by Crippen LogP contribution is -2.06. The zero-order valence-corrected chi connectivity index (χ0v) is 9.93. The fourth-order valence-corrected chi connectivity index (χ4v) is 1.71. The van der Waals surface area contributed by atoms with Gasteiger partial charge in [-0.3, -0.25) is 0 Å². The molecule has 2 rings (SSSR count). The van der Waals surface area contributed by atoms with Crippen molar-refractivity contribution in [2.45, 2.75) is 6.54 Å². The van der Waals surface area contributed by atoms with E-state index in [2.05, 4.69) is 10.3 Å². The Labute approximate surface area is 107 Å². The zero-order valence-electron chi connectivity index (χ0n) is 9.18. The second-order valence-electron chi connectivity index (χ2n) is 3.51. The van der Waals surface area contributed by atoms with Crippen LogP contribution in [0.5, 0.6) is 0 Å². The molecule has 0 saturated carbocycles. The second kappa shape index (κ2) is 5.14. The van der Waals surface area contributed by atoms with Crippen LogP contribution < -0.4 is 0 Å². The number of hydrogen-bond donors (Lipinski definition) is 1. The number of nitrogens with zero attached hydrogens (tertiary/aromatic N) is 3. The van der Waals surface area contributed by atoms with Crippen LogP contribution in [0.3, 0.4) is 0 Å². The summed E-state index contributed by atoms with van der Waals surface area (Å²) < 4.78 is 13.6. The van der Waals surface area contributed by atoms with Crippen molar-refractivity contribution in [1.82, 2.24) is 15.0 Å². The predicted octanol–water partition coefficient (Wildman–Crippen LogP) is 2.27. The van der Waals surface area contributed by atoms with Gasteiger partial charge < -0.3 is 5.11 Å². The van der Waals surface area contributed by atoms with Crippen molar-refractivity contribution in [3.63, 3.8) is 0 Å². The van der Waals surface area contributed by atoms with Crippen LogP contribution in [0.1, 0.15) is 10.5 Å². The van der Waals surface area contributed by atoms with E-state index in [1.807, 2.05) is 0 Å². The molecule has 1 aromatic carbocycles. The number of halogens is 2. The quantitative estimate of drug-likeness (QED) is 0.924. The van der Waals surface area contributed by atoms with E-state index in [4.69, 9.17) is 16.7 Å². The molecular weight excluding hydrogens is 261 g/mol. The molecule has 0 bridgehead atoms. The van der Waals surface area contributed by atoms with Gasteiger partial charge in [0.2, 0.25) is 0 Å². The molecule has 0 spiro atoms. The molecule has 0 unspecified atom stereocenters. The third-order valence-electron chi connectivity index (χ3n) is 2.35. The Balaban J connectivity index is 2.55. The Kier molecular flexibility index (Phi) is 3.57. The first-order valence-electron chi connectivity index (χ1n) is 5.12. The van der Waals surface area contributed by atoms with E-state index in [1.165, 1.54) is 4.68 Å². The number of carbonyl (C=O) groups is 1. The molecule has 18 heavy (non-hydrogen) atoms. The molecule has 0 amide bonds. The lowest BCUT2D eigenvalue weighted by Gasteiger charge is -2.05. The summed E-state index contributed by atoms with van der Waals surface area (Å²) in [6.07, 6.45) is 0. The molecule has 0 aliphatic heterocycles. The van der Waals surface area contributed by atoms with Crippen molar-refractivity contribution < 1.29 is 14.3 Å². The van der Waals surface area contributed by atoms with Gasteiger partial charge in [-0.05, 0) is 12.1 Å². The molecular formula is C11H9ClFN3O2. The fraction of sp³-hybridized carbons (Fsp3) is 0.182. The summed E-state index contributed by atoms with van der Waals surface area (Å²) in [7, 11) is 0. The van der Waals surface area contributed by atoms with E-state index in [9.17, 15) is 9.18 Å². The number of rotatable bonds is 4. The number of carboxylic acids is 1. The van der Waals surface area contributed by atoms with Crippen molar-refractivity contribution in [3.8, 4) is 11.3 Å². The van der Waals surface area contributed by atoms with Crippen molar-refractivity contribution in [2.75, 3.05) is 6.67 Å². The van der Waals surface area contributed by atoms with Crippen molar-refractivity contribution in [1.29, 1.82) is 0 Å². The normalized spacial score (nSPS) is 10.6. The van der Waals surface area contributed by atoms with Gasteiger partial charge in [-0.25, -0.2) is 13.9 Å². The Morgan fingerprint density at radius 2 is 2.06 bits per heavy atom. The number of aromatic nitrogens is 3. The molecule has 5 nitrogen and oxygen atoms in total. The topological polar surface area (TPSA) is 68.0 Å². The first-order valence-corrected chi connectivity index (χ1v) is 5.50. The number of alkyl halides is 1. The molecule has 2 aromatic rings. The molecule has 94 valence electrons. The maximum atomic E-state index is 12.4. The summed E-state index contributed by atoms with van der Waals surface area (Å²) in [5.41, 5.74) is 0.651. The van der Waals surface area contributed by atoms with E-state index in [-0.39, 0.29) is 17.9 Å². The average Bonchev–Trinajstić information content (AvgIpc) is 2.75. The predicted molar refractivity (Wildman–Crippen MR) is 63.4 cm³/mol. The largest absolute Gasteiger partial charge is 0.476 e. The monoisotopic (exact) mass is 269 g/mol. The Hall–Kier alpha value is -1.95. The van der Waals surface area contributed by atoms with E-state index < -0.39 is 12.6 Å². The van der Waals surface area contributed by atoms with Crippen molar-refractivity contribution in [3.05, 3.63) is 35.0 Å². The first-order chi connectivity index (χ1) is 8.63. The summed E-state index contributed by atoms with van der Waals surface area (Å²) in [5.74, 6) is -1.20. The van der Waals surface area contributed by atoms with Crippen molar-refractivity contribution >= 4 is 17.6 Å². The number of carboxylic acid groups (broad SMARTS) is 1. The summed E-state index contributed by atoms with van der Waals surface area (Å²) in [4.78, 5) is 11.0. The standard InChI is InChI=1S/C11H9ClFN3O2/c12-8-3-1-7(2-4-8)10-9(11(17)18)14-15-16(10)6-5-13/h1-4H,5-6H2,(H,17,18). The highest BCUT2D eigenvalue weighted by Crippen LogP contribution is 2.24. The van der Waals surface area contributed by atoms with Gasteiger partial charge in [0.1, 0.15) is 12.4 Å². The van der Waals surface area contributed by atoms with Gasteiger partial charge in [0.25, 0.3) is 0 Å². The van der Waals surface area contributed by atoms with Gasteiger partial charge >= 0.3 is 5.97 Å². The molecule has 1 aromatic heterocycles. The fourth-order valence-electron chi connectivity index (χ4n) is 1.59. The molecule has 0 aliphatic carbocycles. The van der Waals surface area contributed by atoms with E-state index in [1.54, 1.807) is 24.3 Å². The van der Waals surface area contributed by atoms with E-state index in [0.717, 1.165) is 0 Å². The van der Waals surface area contributed by atoms with Crippen LogP contribution in [0.2, 0.25) is 5.02 Å². The molecule has 0 aliphatic rings. The number of benzene rings is 1. The van der Waals surface area contributed by atoms with E-state index in [0.29, 0.717) is 10.6 Å². The molecule has 1 N–H and O–H groups in total. The van der Waals surface area contributed by atoms with Crippen LogP contribution in [0.15, 0.2) is 24.3 Å². The van der Waals surface area contributed by atoms with E-state index >= 15 is 0 Å². The molecule has 0 radical (unpaired) electrons. The van der Waals surface area contributed by atoms with Gasteiger partial charge in [0.15, 0.2) is 5.69 Å². The van der Waals surface area contributed by atoms with Crippen LogP contribution in [-0.4, -0.2) is 32.7 Å². The third kappa shape index (κ3) is 2.33. The van der Waals surface area contributed by atoms with Crippen molar-refractivity contribution in [2.24, 2.45) is 0 Å². The molecule has 7 heteroatoms. The van der Waals surface area contributed by atoms with Gasteiger partial charge in [-0.15, -0.1) is 5.10 Å². The summed E-state index contributed by atoms with van der Waals surface area (Å²) >= 11 is 5.76. The van der Waals surface area contributed by atoms with Crippen LogP contribution in [0.25, 0.3) is 11.3 Å². The van der Waals surface area contributed by atoms with Crippen LogP contribution in [0.4, 0.5) is 4.39 Å².